The summed E-state index contributed by atoms with van der Waals surface area (Å²) in [5.41, 5.74) is -1.28. The highest BCUT2D eigenvalue weighted by molar-refractivity contribution is 8.33. The molecule has 2 saturated carbocycles. The highest BCUT2D eigenvalue weighted by Crippen LogP contribution is 2.71. The molecule has 3 aromatic carbocycles. The lowest BCUT2D eigenvalue weighted by molar-refractivity contribution is -0.128. The van der Waals surface area contributed by atoms with E-state index in [1.165, 1.54) is 0 Å². The van der Waals surface area contributed by atoms with E-state index in [1.807, 2.05) is 98.8 Å². The number of ketones is 1. The average molecular weight is 525 g/mol. The number of hydrogen-bond acceptors (Lipinski definition) is 5. The predicted molar refractivity (Wildman–Crippen MR) is 142 cm³/mol. The van der Waals surface area contributed by atoms with E-state index in [0.717, 1.165) is 21.1 Å². The van der Waals surface area contributed by atoms with Crippen molar-refractivity contribution in [3.8, 4) is 5.75 Å². The summed E-state index contributed by atoms with van der Waals surface area (Å²) in [4.78, 5) is 15.4. The van der Waals surface area contributed by atoms with Gasteiger partial charge in [-0.1, -0.05) is 50.2 Å². The Morgan fingerprint density at radius 3 is 1.81 bits per heavy atom. The molecule has 2 bridgehead atoms. The molecule has 0 spiro atoms. The quantitative estimate of drug-likeness (QED) is 0.331. The molecule has 7 heteroatoms. The zero-order chi connectivity index (χ0) is 25.6. The Bertz CT molecular complexity index is 1310. The van der Waals surface area contributed by atoms with Gasteiger partial charge >= 0.3 is 0 Å². The minimum Gasteiger partial charge on any atom is -0.497 e. The third-order valence-corrected chi connectivity index (χ3v) is 13.6. The van der Waals surface area contributed by atoms with Crippen LogP contribution in [0.4, 0.5) is 0 Å². The topological polar surface area (TPSA) is 69.7 Å². The van der Waals surface area contributed by atoms with Gasteiger partial charge in [0.2, 0.25) is 0 Å². The van der Waals surface area contributed by atoms with Gasteiger partial charge in [-0.3, -0.25) is 4.79 Å². The van der Waals surface area contributed by atoms with Gasteiger partial charge in [0.25, 0.3) is 10.1 Å². The van der Waals surface area contributed by atoms with Crippen molar-refractivity contribution in [1.82, 2.24) is 0 Å². The zero-order valence-electron chi connectivity index (χ0n) is 20.8. The number of rotatable bonds is 8. The summed E-state index contributed by atoms with van der Waals surface area (Å²) in [6.07, 6.45) is 1.92. The minimum absolute atomic E-state index is 0.0559. The van der Waals surface area contributed by atoms with Crippen LogP contribution < -0.4 is 4.74 Å². The lowest BCUT2D eigenvalue weighted by Crippen LogP contribution is -2.42. The van der Waals surface area contributed by atoms with E-state index < -0.39 is 25.8 Å². The smallest absolute Gasteiger partial charge is 0.278 e. The molecule has 2 atom stereocenters. The second-order valence-electron chi connectivity index (χ2n) is 10.3. The van der Waals surface area contributed by atoms with Crippen molar-refractivity contribution >= 4 is 26.2 Å². The Morgan fingerprint density at radius 1 is 0.833 bits per heavy atom. The van der Waals surface area contributed by atoms with Crippen molar-refractivity contribution in [3.63, 3.8) is 0 Å². The lowest BCUT2D eigenvalue weighted by Gasteiger charge is -2.41. The van der Waals surface area contributed by atoms with Crippen LogP contribution in [-0.4, -0.2) is 27.1 Å². The van der Waals surface area contributed by atoms with Crippen molar-refractivity contribution in [2.24, 2.45) is 16.7 Å². The lowest BCUT2D eigenvalue weighted by atomic mass is 9.70. The van der Waals surface area contributed by atoms with E-state index in [4.69, 9.17) is 8.37 Å². The Kier molecular flexibility index (Phi) is 6.30. The van der Waals surface area contributed by atoms with Crippen LogP contribution in [0.5, 0.6) is 5.75 Å². The van der Waals surface area contributed by atoms with Gasteiger partial charge < -0.3 is 4.74 Å². The molecule has 190 valence electrons. The molecule has 5 rings (SSSR count). The van der Waals surface area contributed by atoms with Crippen LogP contribution in [0, 0.1) is 16.7 Å². The van der Waals surface area contributed by atoms with Crippen molar-refractivity contribution in [3.05, 3.63) is 84.9 Å². The molecule has 0 N–H and O–H groups in total. The van der Waals surface area contributed by atoms with Crippen molar-refractivity contribution in [1.29, 1.82) is 0 Å². The van der Waals surface area contributed by atoms with Crippen LogP contribution in [0.2, 0.25) is 0 Å². The van der Waals surface area contributed by atoms with Gasteiger partial charge in [-0.05, 0) is 83.0 Å². The second-order valence-corrected chi connectivity index (χ2v) is 14.8. The maximum absolute atomic E-state index is 14.1. The molecule has 2 aliphatic rings. The van der Waals surface area contributed by atoms with E-state index in [-0.39, 0.29) is 22.9 Å². The van der Waals surface area contributed by atoms with E-state index in [0.29, 0.717) is 18.6 Å². The maximum Gasteiger partial charge on any atom is 0.278 e. The average Bonchev–Trinajstić information content (AvgIpc) is 3.22. The molecule has 0 aromatic heterocycles. The first-order chi connectivity index (χ1) is 17.1. The molecule has 0 aliphatic heterocycles. The van der Waals surface area contributed by atoms with Gasteiger partial charge in [0, 0.05) is 21.1 Å². The predicted octanol–water partition coefficient (Wildman–Crippen LogP) is 6.63. The van der Waals surface area contributed by atoms with E-state index in [9.17, 15) is 13.2 Å². The highest BCUT2D eigenvalue weighted by Gasteiger charge is 2.65. The molecular formula is C29H32O5S2. The summed E-state index contributed by atoms with van der Waals surface area (Å²) in [6.45, 7) is 4.09. The largest absolute Gasteiger partial charge is 0.497 e. The molecule has 0 saturated heterocycles. The van der Waals surface area contributed by atoms with Crippen LogP contribution in [0.1, 0.15) is 33.1 Å². The van der Waals surface area contributed by atoms with Gasteiger partial charge in [0.1, 0.15) is 11.5 Å². The molecule has 2 aliphatic carbocycles. The zero-order valence-corrected chi connectivity index (χ0v) is 22.5. The summed E-state index contributed by atoms with van der Waals surface area (Å²) in [5, 5.41) is 0. The SMILES string of the molecule is COc1ccc(S(OS(=O)(=O)CC23CCC(CC2=O)C3(C)C)(c2ccccc2)c2ccccc2)cc1. The van der Waals surface area contributed by atoms with Crippen LogP contribution in [0.15, 0.2) is 99.6 Å². The third kappa shape index (κ3) is 3.88. The monoisotopic (exact) mass is 524 g/mol. The normalized spacial score (nSPS) is 23.5. The number of methoxy groups -OCH3 is 1. The molecular weight excluding hydrogens is 492 g/mol. The number of carbonyl (C=O) groups is 1. The van der Waals surface area contributed by atoms with Crippen LogP contribution in [0.25, 0.3) is 0 Å². The Morgan fingerprint density at radius 2 is 1.36 bits per heavy atom. The summed E-state index contributed by atoms with van der Waals surface area (Å²) in [5.74, 6) is 0.653. The fourth-order valence-electron chi connectivity index (χ4n) is 6.11. The number of hydrogen-bond donors (Lipinski definition) is 0. The number of carbonyl (C=O) groups excluding carboxylic acids is 1. The summed E-state index contributed by atoms with van der Waals surface area (Å²) < 4.78 is 40.0. The molecule has 0 amide bonds. The number of ether oxygens (including phenoxy) is 1. The van der Waals surface area contributed by atoms with Gasteiger partial charge in [-0.25, -0.2) is 3.63 Å². The van der Waals surface area contributed by atoms with Gasteiger partial charge in [0.15, 0.2) is 0 Å². The van der Waals surface area contributed by atoms with Crippen molar-refractivity contribution in [2.45, 2.75) is 47.8 Å². The molecule has 0 radical (unpaired) electrons. The third-order valence-electron chi connectivity index (χ3n) is 8.31. The first-order valence-corrected chi connectivity index (χ1v) is 15.3. The number of Topliss-reactive ketones (excluding diaryl/α,β-unsaturated/α-hetero) is 1. The molecule has 2 unspecified atom stereocenters. The molecule has 2 fully saturated rings. The fraction of sp³-hybridized carbons (Fsp3) is 0.345. The van der Waals surface area contributed by atoms with E-state index in [2.05, 4.69) is 0 Å². The van der Waals surface area contributed by atoms with Gasteiger partial charge in [0.05, 0.1) is 18.3 Å². The van der Waals surface area contributed by atoms with E-state index >= 15 is 0 Å². The Balaban J connectivity index is 1.68. The second kappa shape index (κ2) is 9.05. The van der Waals surface area contributed by atoms with Crippen LogP contribution in [-0.2, 0) is 18.5 Å². The first kappa shape index (κ1) is 25.1. The van der Waals surface area contributed by atoms with E-state index in [1.54, 1.807) is 7.11 Å². The Hall–Kier alpha value is -2.61. The van der Waals surface area contributed by atoms with Crippen LogP contribution in [0.3, 0.4) is 0 Å². The minimum atomic E-state index is -4.15. The standard InChI is InChI=1S/C29H32O5S2/c1-28(2)22-18-19-29(28,27(30)20-22)21-35(31,32)34-36(24-10-6-4-7-11-24,25-12-8-5-9-13-25)26-16-14-23(33-3)15-17-26/h4-17,22H,18-21H2,1-3H3. The molecule has 5 nitrogen and oxygen atoms in total. The van der Waals surface area contributed by atoms with Gasteiger partial charge in [-0.2, -0.15) is 8.42 Å². The molecule has 0 heterocycles. The number of benzene rings is 3. The number of fused-ring (bicyclic) bond motifs is 2. The summed E-state index contributed by atoms with van der Waals surface area (Å²) in [6, 6.07) is 26.4. The van der Waals surface area contributed by atoms with Crippen molar-refractivity contribution < 1.29 is 21.6 Å². The molecule has 36 heavy (non-hydrogen) atoms. The Labute approximate surface area is 215 Å². The van der Waals surface area contributed by atoms with Gasteiger partial charge in [-0.15, -0.1) is 0 Å². The van der Waals surface area contributed by atoms with Crippen LogP contribution >= 0.6 is 10.3 Å². The summed E-state index contributed by atoms with van der Waals surface area (Å²) in [7, 11) is -5.24. The van der Waals surface area contributed by atoms with Crippen molar-refractivity contribution in [2.75, 3.05) is 12.9 Å². The maximum atomic E-state index is 14.1. The molecule has 3 aromatic rings. The fourth-order valence-corrected chi connectivity index (χ4v) is 12.2. The summed E-state index contributed by atoms with van der Waals surface area (Å²) >= 11 is 0. The highest BCUT2D eigenvalue weighted by atomic mass is 32.3. The first-order valence-electron chi connectivity index (χ1n) is 12.2.